The van der Waals surface area contributed by atoms with Gasteiger partial charge in [0.05, 0.1) is 7.11 Å². The minimum absolute atomic E-state index is 0.736. The van der Waals surface area contributed by atoms with Crippen molar-refractivity contribution in [2.45, 2.75) is 26.2 Å². The molecule has 1 N–H and O–H groups in total. The van der Waals surface area contributed by atoms with Crippen LogP contribution in [-0.2, 0) is 0 Å². The van der Waals surface area contributed by atoms with Crippen LogP contribution in [0.1, 0.15) is 24.8 Å². The highest BCUT2D eigenvalue weighted by Crippen LogP contribution is 2.27. The van der Waals surface area contributed by atoms with Crippen molar-refractivity contribution < 1.29 is 4.74 Å². The summed E-state index contributed by atoms with van der Waals surface area (Å²) in [6, 6.07) is 6.04. The van der Waals surface area contributed by atoms with E-state index in [4.69, 9.17) is 10.1 Å². The molecule has 86 valence electrons. The number of methoxy groups -OCH3 is 1. The first kappa shape index (κ1) is 11.0. The molecule has 3 nitrogen and oxygen atoms in total. The lowest BCUT2D eigenvalue weighted by atomic mass is 10.1. The number of amidine groups is 1. The van der Waals surface area contributed by atoms with E-state index in [1.54, 1.807) is 7.11 Å². The Hall–Kier alpha value is -1.51. The van der Waals surface area contributed by atoms with Gasteiger partial charge in [0.1, 0.15) is 11.6 Å². The molecule has 1 aromatic carbocycles. The normalized spacial score (nSPS) is 16.4. The van der Waals surface area contributed by atoms with Crippen molar-refractivity contribution in [3.05, 3.63) is 23.8 Å². The Balaban J connectivity index is 2.28. The maximum absolute atomic E-state index is 7.97. The van der Waals surface area contributed by atoms with Gasteiger partial charge in [-0.1, -0.05) is 0 Å². The van der Waals surface area contributed by atoms with E-state index >= 15 is 0 Å². The van der Waals surface area contributed by atoms with Crippen LogP contribution in [0.3, 0.4) is 0 Å². The Kier molecular flexibility index (Phi) is 3.13. The number of aryl methyl sites for hydroxylation is 1. The van der Waals surface area contributed by atoms with Gasteiger partial charge in [-0.2, -0.15) is 0 Å². The van der Waals surface area contributed by atoms with Crippen molar-refractivity contribution >= 4 is 11.5 Å². The second kappa shape index (κ2) is 4.56. The lowest BCUT2D eigenvalue weighted by Crippen LogP contribution is -2.35. The lowest BCUT2D eigenvalue weighted by Gasteiger charge is -2.30. The SMILES string of the molecule is COc1ccc(N2CCCCC2=N)c(C)c1. The number of hydrogen-bond donors (Lipinski definition) is 1. The molecule has 0 atom stereocenters. The molecule has 0 aromatic heterocycles. The molecule has 0 bridgehead atoms. The summed E-state index contributed by atoms with van der Waals surface area (Å²) in [5, 5.41) is 7.97. The fourth-order valence-electron chi connectivity index (χ4n) is 2.16. The number of nitrogens with zero attached hydrogens (tertiary/aromatic N) is 1. The number of rotatable bonds is 2. The molecule has 0 unspecified atom stereocenters. The van der Waals surface area contributed by atoms with Crippen LogP contribution in [-0.4, -0.2) is 19.5 Å². The predicted molar refractivity (Wildman–Crippen MR) is 66.7 cm³/mol. The predicted octanol–water partition coefficient (Wildman–Crippen LogP) is 2.97. The second-order valence-electron chi connectivity index (χ2n) is 4.21. The standard InChI is InChI=1S/C13H18N2O/c1-10-9-11(16-2)6-7-12(10)15-8-4-3-5-13(15)14/h6-7,9,14H,3-5,8H2,1-2H3. The summed E-state index contributed by atoms with van der Waals surface area (Å²) in [5.74, 6) is 1.62. The first-order valence-corrected chi connectivity index (χ1v) is 5.72. The van der Waals surface area contributed by atoms with E-state index in [0.717, 1.165) is 36.7 Å². The van der Waals surface area contributed by atoms with E-state index in [-0.39, 0.29) is 0 Å². The fraction of sp³-hybridized carbons (Fsp3) is 0.462. The van der Waals surface area contributed by atoms with Crippen molar-refractivity contribution in [2.24, 2.45) is 0 Å². The zero-order valence-corrected chi connectivity index (χ0v) is 9.92. The zero-order valence-electron chi connectivity index (χ0n) is 9.92. The number of nitrogens with one attached hydrogen (secondary N) is 1. The Morgan fingerprint density at radius 3 is 2.75 bits per heavy atom. The molecule has 1 saturated heterocycles. The minimum atomic E-state index is 0.736. The van der Waals surface area contributed by atoms with Crippen molar-refractivity contribution in [1.29, 1.82) is 5.41 Å². The van der Waals surface area contributed by atoms with Crippen molar-refractivity contribution in [2.75, 3.05) is 18.6 Å². The van der Waals surface area contributed by atoms with Crippen LogP contribution in [0.5, 0.6) is 5.75 Å². The van der Waals surface area contributed by atoms with Crippen molar-refractivity contribution in [1.82, 2.24) is 0 Å². The summed E-state index contributed by atoms with van der Waals surface area (Å²) in [6.07, 6.45) is 3.21. The van der Waals surface area contributed by atoms with Gasteiger partial charge in [0, 0.05) is 18.7 Å². The van der Waals surface area contributed by atoms with Crippen LogP contribution >= 0.6 is 0 Å². The van der Waals surface area contributed by atoms with Crippen LogP contribution in [0.15, 0.2) is 18.2 Å². The summed E-state index contributed by atoms with van der Waals surface area (Å²) in [7, 11) is 1.68. The molecule has 16 heavy (non-hydrogen) atoms. The molecule has 2 rings (SSSR count). The van der Waals surface area contributed by atoms with Gasteiger partial charge in [0.25, 0.3) is 0 Å². The maximum atomic E-state index is 7.97. The van der Waals surface area contributed by atoms with Gasteiger partial charge in [-0.25, -0.2) is 0 Å². The summed E-state index contributed by atoms with van der Waals surface area (Å²) < 4.78 is 5.19. The van der Waals surface area contributed by atoms with Crippen LogP contribution in [0.25, 0.3) is 0 Å². The first-order valence-electron chi connectivity index (χ1n) is 5.72. The molecule has 0 aliphatic carbocycles. The summed E-state index contributed by atoms with van der Waals surface area (Å²) in [4.78, 5) is 2.11. The highest BCUT2D eigenvalue weighted by Gasteiger charge is 2.18. The quantitative estimate of drug-likeness (QED) is 0.828. The monoisotopic (exact) mass is 218 g/mol. The van der Waals surface area contributed by atoms with Gasteiger partial charge in [-0.15, -0.1) is 0 Å². The lowest BCUT2D eigenvalue weighted by molar-refractivity contribution is 0.414. The largest absolute Gasteiger partial charge is 0.497 e. The minimum Gasteiger partial charge on any atom is -0.497 e. The molecule has 0 spiro atoms. The molecule has 0 amide bonds. The number of piperidine rings is 1. The van der Waals surface area contributed by atoms with Gasteiger partial charge in [-0.05, 0) is 43.5 Å². The Bertz CT molecular complexity index is 401. The highest BCUT2D eigenvalue weighted by molar-refractivity contribution is 5.96. The smallest absolute Gasteiger partial charge is 0.119 e. The zero-order chi connectivity index (χ0) is 11.5. The van der Waals surface area contributed by atoms with Gasteiger partial charge >= 0.3 is 0 Å². The van der Waals surface area contributed by atoms with Gasteiger partial charge in [-0.3, -0.25) is 5.41 Å². The molecule has 3 heteroatoms. The summed E-state index contributed by atoms with van der Waals surface area (Å²) >= 11 is 0. The van der Waals surface area contributed by atoms with Crippen LogP contribution in [0.4, 0.5) is 5.69 Å². The molecule has 1 aromatic rings. The molecule has 0 saturated carbocycles. The van der Waals surface area contributed by atoms with E-state index in [2.05, 4.69) is 11.8 Å². The fourth-order valence-corrected chi connectivity index (χ4v) is 2.16. The van der Waals surface area contributed by atoms with Crippen LogP contribution in [0, 0.1) is 12.3 Å². The van der Waals surface area contributed by atoms with E-state index in [0.29, 0.717) is 0 Å². The van der Waals surface area contributed by atoms with Crippen LogP contribution in [0.2, 0.25) is 0 Å². The molecule has 1 heterocycles. The Labute approximate surface area is 96.5 Å². The third-order valence-corrected chi connectivity index (χ3v) is 3.07. The van der Waals surface area contributed by atoms with Crippen molar-refractivity contribution in [3.63, 3.8) is 0 Å². The van der Waals surface area contributed by atoms with E-state index in [1.807, 2.05) is 18.2 Å². The third-order valence-electron chi connectivity index (χ3n) is 3.07. The average Bonchev–Trinajstić information content (AvgIpc) is 2.30. The second-order valence-corrected chi connectivity index (χ2v) is 4.21. The molecule has 1 fully saturated rings. The maximum Gasteiger partial charge on any atom is 0.119 e. The Morgan fingerprint density at radius 2 is 2.12 bits per heavy atom. The average molecular weight is 218 g/mol. The van der Waals surface area contributed by atoms with Gasteiger partial charge < -0.3 is 9.64 Å². The van der Waals surface area contributed by atoms with E-state index < -0.39 is 0 Å². The van der Waals surface area contributed by atoms with E-state index in [1.165, 1.54) is 12.0 Å². The number of ether oxygens (including phenoxy) is 1. The van der Waals surface area contributed by atoms with Crippen LogP contribution < -0.4 is 9.64 Å². The summed E-state index contributed by atoms with van der Waals surface area (Å²) in [6.45, 7) is 3.03. The number of anilines is 1. The molecule has 1 aliphatic heterocycles. The van der Waals surface area contributed by atoms with Gasteiger partial charge in [0.15, 0.2) is 0 Å². The third kappa shape index (κ3) is 2.03. The first-order chi connectivity index (χ1) is 7.72. The highest BCUT2D eigenvalue weighted by atomic mass is 16.5. The number of benzene rings is 1. The molecular weight excluding hydrogens is 200 g/mol. The molecule has 1 aliphatic rings. The number of hydrogen-bond acceptors (Lipinski definition) is 2. The molecular formula is C13H18N2O. The van der Waals surface area contributed by atoms with Crippen molar-refractivity contribution in [3.8, 4) is 5.75 Å². The topological polar surface area (TPSA) is 36.3 Å². The summed E-state index contributed by atoms with van der Waals surface area (Å²) in [5.41, 5.74) is 2.32. The molecule has 0 radical (unpaired) electrons. The van der Waals surface area contributed by atoms with Gasteiger partial charge in [0.2, 0.25) is 0 Å². The van der Waals surface area contributed by atoms with E-state index in [9.17, 15) is 0 Å². The Morgan fingerprint density at radius 1 is 1.31 bits per heavy atom.